The molecule has 0 fully saturated rings. The van der Waals surface area contributed by atoms with Gasteiger partial charge in [-0.1, -0.05) is 29.8 Å². The van der Waals surface area contributed by atoms with Crippen molar-refractivity contribution >= 4 is 33.0 Å². The summed E-state index contributed by atoms with van der Waals surface area (Å²) in [5.74, 6) is 0. The number of aliphatic hydroxyl groups excluding tert-OH is 1. The molecule has 22 heavy (non-hydrogen) atoms. The van der Waals surface area contributed by atoms with E-state index in [0.29, 0.717) is 11.7 Å². The number of nitrogens with one attached hydrogen (secondary N) is 1. The number of halogens is 1. The van der Waals surface area contributed by atoms with Gasteiger partial charge in [0.05, 0.1) is 0 Å². The molecule has 2 atom stereocenters. The molecule has 0 amide bonds. The first-order valence-corrected chi connectivity index (χ1v) is 8.34. The van der Waals surface area contributed by atoms with Crippen LogP contribution in [0, 0.1) is 0 Å². The molecule has 0 aliphatic carbocycles. The van der Waals surface area contributed by atoms with Crippen LogP contribution in [-0.4, -0.2) is 16.6 Å². The van der Waals surface area contributed by atoms with Crippen LogP contribution in [0.4, 0.5) is 0 Å². The van der Waals surface area contributed by atoms with Crippen LogP contribution in [0.5, 0.6) is 0 Å². The molecule has 3 rings (SSSR count). The molecule has 3 nitrogen and oxygen atoms in total. The fraction of sp³-hybridized carbons (Fsp3) is 0.235. The Morgan fingerprint density at radius 1 is 1.27 bits per heavy atom. The van der Waals surface area contributed by atoms with Gasteiger partial charge in [-0.25, -0.2) is 4.98 Å². The van der Waals surface area contributed by atoms with Crippen molar-refractivity contribution in [2.75, 3.05) is 6.54 Å². The van der Waals surface area contributed by atoms with E-state index in [4.69, 9.17) is 11.6 Å². The van der Waals surface area contributed by atoms with Crippen LogP contribution < -0.4 is 5.32 Å². The van der Waals surface area contributed by atoms with Crippen molar-refractivity contribution in [2.45, 2.75) is 19.1 Å². The van der Waals surface area contributed by atoms with Gasteiger partial charge < -0.3 is 10.4 Å². The minimum atomic E-state index is -0.517. The molecule has 0 aliphatic rings. The third kappa shape index (κ3) is 3.47. The molecule has 1 aromatic carbocycles. The number of benzene rings is 1. The Kier molecular flexibility index (Phi) is 4.74. The molecule has 114 valence electrons. The maximum atomic E-state index is 10.4. The lowest BCUT2D eigenvalue weighted by molar-refractivity contribution is 0.174. The minimum Gasteiger partial charge on any atom is -0.386 e. The highest BCUT2D eigenvalue weighted by molar-refractivity contribution is 7.19. The molecule has 0 radical (unpaired) electrons. The minimum absolute atomic E-state index is 0.101. The van der Waals surface area contributed by atoms with E-state index in [1.165, 1.54) is 10.1 Å². The highest BCUT2D eigenvalue weighted by Gasteiger charge is 2.13. The van der Waals surface area contributed by atoms with Crippen LogP contribution in [0.1, 0.15) is 29.5 Å². The number of pyridine rings is 1. The zero-order valence-electron chi connectivity index (χ0n) is 12.2. The van der Waals surface area contributed by atoms with Crippen molar-refractivity contribution in [3.63, 3.8) is 0 Å². The zero-order valence-corrected chi connectivity index (χ0v) is 13.7. The van der Waals surface area contributed by atoms with E-state index >= 15 is 0 Å². The predicted molar refractivity (Wildman–Crippen MR) is 92.4 cm³/mol. The van der Waals surface area contributed by atoms with Crippen LogP contribution in [-0.2, 0) is 0 Å². The normalized spacial score (nSPS) is 14.1. The van der Waals surface area contributed by atoms with Crippen LogP contribution in [0.3, 0.4) is 0 Å². The van der Waals surface area contributed by atoms with E-state index in [1.54, 1.807) is 17.5 Å². The van der Waals surface area contributed by atoms with E-state index in [9.17, 15) is 5.11 Å². The van der Waals surface area contributed by atoms with Gasteiger partial charge in [-0.15, -0.1) is 11.3 Å². The third-order valence-electron chi connectivity index (χ3n) is 3.64. The van der Waals surface area contributed by atoms with Crippen molar-refractivity contribution in [3.8, 4) is 0 Å². The van der Waals surface area contributed by atoms with Gasteiger partial charge in [0.2, 0.25) is 0 Å². The van der Waals surface area contributed by atoms with E-state index in [-0.39, 0.29) is 6.04 Å². The molecular weight excluding hydrogens is 316 g/mol. The summed E-state index contributed by atoms with van der Waals surface area (Å²) in [6.07, 6.45) is 1.18. The third-order valence-corrected chi connectivity index (χ3v) is 5.07. The lowest BCUT2D eigenvalue weighted by Crippen LogP contribution is -2.24. The zero-order chi connectivity index (χ0) is 15.5. The Morgan fingerprint density at radius 2 is 2.09 bits per heavy atom. The average Bonchev–Trinajstić information content (AvgIpc) is 2.96. The molecule has 0 aliphatic heterocycles. The van der Waals surface area contributed by atoms with Crippen LogP contribution >= 0.6 is 22.9 Å². The number of rotatable bonds is 5. The second-order valence-electron chi connectivity index (χ2n) is 5.24. The summed E-state index contributed by atoms with van der Waals surface area (Å²) >= 11 is 7.54. The van der Waals surface area contributed by atoms with Crippen LogP contribution in [0.2, 0.25) is 5.15 Å². The Bertz CT molecular complexity index is 741. The quantitative estimate of drug-likeness (QED) is 0.683. The standard InChI is InChI=1S/C17H17ClN2OS/c1-11(12-6-7-19-17(18)9-12)20-10-14(21)16-8-13-4-2-3-5-15(13)22-16/h2-9,11,14,20-21H,10H2,1H3. The van der Waals surface area contributed by atoms with Gasteiger partial charge in [0, 0.05) is 28.4 Å². The lowest BCUT2D eigenvalue weighted by atomic mass is 10.1. The Hall–Kier alpha value is -1.46. The highest BCUT2D eigenvalue weighted by Crippen LogP contribution is 2.29. The van der Waals surface area contributed by atoms with Gasteiger partial charge in [0.25, 0.3) is 0 Å². The highest BCUT2D eigenvalue weighted by atomic mass is 35.5. The summed E-state index contributed by atoms with van der Waals surface area (Å²) in [5.41, 5.74) is 1.06. The average molecular weight is 333 g/mol. The first-order valence-electron chi connectivity index (χ1n) is 7.15. The lowest BCUT2D eigenvalue weighted by Gasteiger charge is -2.16. The molecule has 2 aromatic heterocycles. The molecule has 2 heterocycles. The van der Waals surface area contributed by atoms with Gasteiger partial charge in [-0.05, 0) is 42.1 Å². The van der Waals surface area contributed by atoms with Crippen molar-refractivity contribution in [1.29, 1.82) is 0 Å². The Morgan fingerprint density at radius 3 is 2.86 bits per heavy atom. The number of thiophene rings is 1. The first-order chi connectivity index (χ1) is 10.6. The molecule has 0 bridgehead atoms. The smallest absolute Gasteiger partial charge is 0.129 e. The molecular formula is C17H17ClN2OS. The predicted octanol–water partition coefficient (Wildman–Crippen LogP) is 4.33. The number of nitrogens with zero attached hydrogens (tertiary/aromatic N) is 1. The maximum Gasteiger partial charge on any atom is 0.129 e. The van der Waals surface area contributed by atoms with E-state index < -0.39 is 6.10 Å². The summed E-state index contributed by atoms with van der Waals surface area (Å²) in [6, 6.07) is 14.1. The Balaban J connectivity index is 1.65. The molecule has 2 unspecified atom stereocenters. The van der Waals surface area contributed by atoms with Gasteiger partial charge in [-0.2, -0.15) is 0 Å². The van der Waals surface area contributed by atoms with Crippen LogP contribution in [0.15, 0.2) is 48.7 Å². The number of hydrogen-bond donors (Lipinski definition) is 2. The molecule has 0 spiro atoms. The van der Waals surface area contributed by atoms with E-state index in [0.717, 1.165) is 10.4 Å². The van der Waals surface area contributed by atoms with Gasteiger partial charge >= 0.3 is 0 Å². The van der Waals surface area contributed by atoms with Crippen molar-refractivity contribution in [1.82, 2.24) is 10.3 Å². The number of hydrogen-bond acceptors (Lipinski definition) is 4. The Labute approximate surface area is 138 Å². The van der Waals surface area contributed by atoms with Crippen LogP contribution in [0.25, 0.3) is 10.1 Å². The number of aromatic nitrogens is 1. The van der Waals surface area contributed by atoms with Crippen molar-refractivity contribution in [2.24, 2.45) is 0 Å². The summed E-state index contributed by atoms with van der Waals surface area (Å²) in [6.45, 7) is 2.54. The molecule has 2 N–H and O–H groups in total. The fourth-order valence-electron chi connectivity index (χ4n) is 2.36. The molecule has 0 saturated carbocycles. The van der Waals surface area contributed by atoms with Gasteiger partial charge in [0.15, 0.2) is 0 Å². The van der Waals surface area contributed by atoms with E-state index in [2.05, 4.69) is 28.5 Å². The summed E-state index contributed by atoms with van der Waals surface area (Å²) in [5, 5.41) is 15.4. The summed E-state index contributed by atoms with van der Waals surface area (Å²) in [7, 11) is 0. The largest absolute Gasteiger partial charge is 0.386 e. The molecule has 5 heteroatoms. The second-order valence-corrected chi connectivity index (χ2v) is 6.75. The molecule has 3 aromatic rings. The SMILES string of the molecule is CC(NCC(O)c1cc2ccccc2s1)c1ccnc(Cl)c1. The monoisotopic (exact) mass is 332 g/mol. The van der Waals surface area contributed by atoms with Crippen molar-refractivity contribution in [3.05, 3.63) is 64.3 Å². The number of fused-ring (bicyclic) bond motifs is 1. The maximum absolute atomic E-state index is 10.4. The van der Waals surface area contributed by atoms with E-state index in [1.807, 2.05) is 31.2 Å². The van der Waals surface area contributed by atoms with Crippen molar-refractivity contribution < 1.29 is 5.11 Å². The van der Waals surface area contributed by atoms with Gasteiger partial charge in [0.1, 0.15) is 11.3 Å². The number of aliphatic hydroxyl groups is 1. The van der Waals surface area contributed by atoms with Gasteiger partial charge in [-0.3, -0.25) is 0 Å². The topological polar surface area (TPSA) is 45.1 Å². The fourth-order valence-corrected chi connectivity index (χ4v) is 3.59. The summed E-state index contributed by atoms with van der Waals surface area (Å²) in [4.78, 5) is 4.96. The second kappa shape index (κ2) is 6.75. The first kappa shape index (κ1) is 15.4. The molecule has 0 saturated heterocycles. The summed E-state index contributed by atoms with van der Waals surface area (Å²) < 4.78 is 1.20.